The summed E-state index contributed by atoms with van der Waals surface area (Å²) >= 11 is 0. The Morgan fingerprint density at radius 1 is 0.387 bits per heavy atom. The Balaban J connectivity index is 0.910. The van der Waals surface area contributed by atoms with Crippen LogP contribution >= 0.6 is 0 Å². The van der Waals surface area contributed by atoms with Crippen molar-refractivity contribution in [2.45, 2.75) is 17.7 Å². The van der Waals surface area contributed by atoms with E-state index in [1.165, 1.54) is 61.4 Å². The minimum Gasteiger partial charge on any atom is -0.350 e. The van der Waals surface area contributed by atoms with Gasteiger partial charge in [0.1, 0.15) is 18.2 Å². The van der Waals surface area contributed by atoms with Gasteiger partial charge in [-0.2, -0.15) is 0 Å². The monoisotopic (exact) mass is 794 g/mol. The van der Waals surface area contributed by atoms with E-state index < -0.39 is 5.41 Å². The number of nitrogens with zero attached hydrogens (tertiary/aromatic N) is 2. The molecule has 62 heavy (non-hydrogen) atoms. The molecule has 0 saturated carbocycles. The first-order valence-electron chi connectivity index (χ1n) is 21.4. The van der Waals surface area contributed by atoms with Crippen molar-refractivity contribution in [1.82, 2.24) is 10.6 Å². The van der Waals surface area contributed by atoms with E-state index in [0.29, 0.717) is 0 Å². The fourth-order valence-electron chi connectivity index (χ4n) is 10.2. The first-order valence-corrected chi connectivity index (χ1v) is 21.4. The molecule has 294 valence electrons. The maximum absolute atomic E-state index is 5.20. The van der Waals surface area contributed by atoms with Crippen LogP contribution in [0.5, 0.6) is 0 Å². The summed E-state index contributed by atoms with van der Waals surface area (Å²) in [4.78, 5) is 7.63. The van der Waals surface area contributed by atoms with Gasteiger partial charge in [-0.15, -0.1) is 0 Å². The van der Waals surface area contributed by atoms with Crippen LogP contribution in [0.4, 0.5) is 17.1 Å². The Kier molecular flexibility index (Phi) is 8.58. The Bertz CT molecular complexity index is 3090. The molecule has 9 aromatic rings. The Hall–Kier alpha value is -7.79. The van der Waals surface area contributed by atoms with Crippen LogP contribution in [-0.4, -0.2) is 5.84 Å². The largest absolute Gasteiger partial charge is 0.350 e. The van der Waals surface area contributed by atoms with E-state index in [2.05, 4.69) is 240 Å². The molecule has 9 aromatic carbocycles. The van der Waals surface area contributed by atoms with Gasteiger partial charge < -0.3 is 10.2 Å². The van der Waals surface area contributed by atoms with Crippen molar-refractivity contribution in [3.8, 4) is 33.4 Å². The number of fused-ring (bicyclic) bond motifs is 9. The van der Waals surface area contributed by atoms with Crippen molar-refractivity contribution < 1.29 is 0 Å². The van der Waals surface area contributed by atoms with Crippen LogP contribution in [-0.2, 0) is 5.41 Å². The summed E-state index contributed by atoms with van der Waals surface area (Å²) in [6.45, 7) is 0. The van der Waals surface area contributed by atoms with Gasteiger partial charge in [0.2, 0.25) is 0 Å². The highest BCUT2D eigenvalue weighted by atomic mass is 15.3. The molecule has 2 N–H and O–H groups in total. The van der Waals surface area contributed by atoms with Crippen LogP contribution in [0.25, 0.3) is 33.4 Å². The van der Waals surface area contributed by atoms with E-state index in [0.717, 1.165) is 33.8 Å². The van der Waals surface area contributed by atoms with Gasteiger partial charge in [0.05, 0.1) is 16.8 Å². The van der Waals surface area contributed by atoms with E-state index >= 15 is 0 Å². The lowest BCUT2D eigenvalue weighted by Gasteiger charge is -2.45. The van der Waals surface area contributed by atoms with Gasteiger partial charge in [-0.1, -0.05) is 194 Å². The standard InChI is InChI=1S/C58H42N4/c1-4-17-41(18-5-1)55-59-56(42-19-6-2-7-20-42)61-57(60-55)45-22-16-21-43(37-45)39-31-33-40(34-32-39)44-35-36-50-48(38-44)47-25-10-11-26-49(47)58(50)51-27-12-14-29-53(51)62(46-23-8-3-9-24-46)54-30-15-13-28-52(54)58/h1-38,55-56,59H,(H,60,61). The minimum absolute atomic E-state index is 0.0856. The third-order valence-electron chi connectivity index (χ3n) is 13.0. The van der Waals surface area contributed by atoms with Crippen molar-refractivity contribution in [2.24, 2.45) is 4.99 Å². The van der Waals surface area contributed by atoms with E-state index in [1.54, 1.807) is 0 Å². The molecule has 4 nitrogen and oxygen atoms in total. The lowest BCUT2D eigenvalue weighted by atomic mass is 9.64. The number of hydrogen-bond acceptors (Lipinski definition) is 4. The second kappa shape index (κ2) is 14.7. The summed E-state index contributed by atoms with van der Waals surface area (Å²) in [6, 6.07) is 83.6. The summed E-state index contributed by atoms with van der Waals surface area (Å²) in [7, 11) is 0. The molecule has 0 radical (unpaired) electrons. The Morgan fingerprint density at radius 2 is 0.903 bits per heavy atom. The molecular weight excluding hydrogens is 753 g/mol. The number of nitrogens with one attached hydrogen (secondary N) is 2. The van der Waals surface area contributed by atoms with E-state index in [9.17, 15) is 0 Å². The number of amidine groups is 1. The molecule has 2 atom stereocenters. The molecule has 1 spiro atoms. The van der Waals surface area contributed by atoms with Crippen LogP contribution < -0.4 is 15.5 Å². The van der Waals surface area contributed by atoms with Crippen LogP contribution in [0.1, 0.15) is 51.3 Å². The second-order valence-corrected chi connectivity index (χ2v) is 16.4. The predicted molar refractivity (Wildman–Crippen MR) is 254 cm³/mol. The zero-order chi connectivity index (χ0) is 41.0. The summed E-state index contributed by atoms with van der Waals surface area (Å²) in [5.74, 6) is 0.872. The third kappa shape index (κ3) is 5.76. The molecule has 2 aliphatic heterocycles. The van der Waals surface area contributed by atoms with Gasteiger partial charge >= 0.3 is 0 Å². The molecule has 2 unspecified atom stereocenters. The van der Waals surface area contributed by atoms with Crippen LogP contribution in [0.3, 0.4) is 0 Å². The van der Waals surface area contributed by atoms with Gasteiger partial charge in [0, 0.05) is 11.3 Å². The SMILES string of the molecule is c1ccc(C2N=C(c3cccc(-c4ccc(-c5ccc6c(c5)-c5ccccc5C65c6ccccc6N(c6ccccc6)c6ccccc65)cc4)c3)NC(c3ccccc3)N2)cc1. The lowest BCUT2D eigenvalue weighted by Crippen LogP contribution is -2.44. The highest BCUT2D eigenvalue weighted by molar-refractivity contribution is 6.01. The van der Waals surface area contributed by atoms with Crippen molar-refractivity contribution in [3.63, 3.8) is 0 Å². The number of benzene rings is 9. The van der Waals surface area contributed by atoms with E-state index in [4.69, 9.17) is 4.99 Å². The maximum Gasteiger partial charge on any atom is 0.131 e. The summed E-state index contributed by atoms with van der Waals surface area (Å²) in [5, 5.41) is 7.41. The Labute approximate surface area is 362 Å². The van der Waals surface area contributed by atoms with Crippen LogP contribution in [0.15, 0.2) is 236 Å². The smallest absolute Gasteiger partial charge is 0.131 e. The quantitative estimate of drug-likeness (QED) is 0.176. The molecule has 3 aliphatic rings. The lowest BCUT2D eigenvalue weighted by molar-refractivity contribution is 0.409. The fourth-order valence-corrected chi connectivity index (χ4v) is 10.2. The molecule has 0 saturated heterocycles. The molecular formula is C58H42N4. The molecule has 4 heteroatoms. The van der Waals surface area contributed by atoms with E-state index in [1.807, 2.05) is 6.07 Å². The van der Waals surface area contributed by atoms with Gasteiger partial charge in [0.15, 0.2) is 0 Å². The molecule has 2 heterocycles. The normalized spacial score (nSPS) is 16.6. The number of anilines is 3. The van der Waals surface area contributed by atoms with Crippen LogP contribution in [0.2, 0.25) is 0 Å². The maximum atomic E-state index is 5.20. The average Bonchev–Trinajstić information content (AvgIpc) is 3.65. The van der Waals surface area contributed by atoms with Gasteiger partial charge in [-0.05, 0) is 103 Å². The molecule has 0 fully saturated rings. The zero-order valence-electron chi connectivity index (χ0n) is 34.0. The second-order valence-electron chi connectivity index (χ2n) is 16.4. The number of hydrogen-bond donors (Lipinski definition) is 2. The predicted octanol–water partition coefficient (Wildman–Crippen LogP) is 13.5. The number of rotatable bonds is 6. The fraction of sp³-hybridized carbons (Fsp3) is 0.0517. The zero-order valence-corrected chi connectivity index (χ0v) is 34.0. The molecule has 0 aromatic heterocycles. The van der Waals surface area contributed by atoms with Crippen molar-refractivity contribution in [3.05, 3.63) is 269 Å². The highest BCUT2D eigenvalue weighted by Crippen LogP contribution is 2.63. The number of para-hydroxylation sites is 3. The van der Waals surface area contributed by atoms with Gasteiger partial charge in [-0.25, -0.2) is 4.99 Å². The Morgan fingerprint density at radius 3 is 1.58 bits per heavy atom. The number of aliphatic imine (C=N–C) groups is 1. The first-order chi connectivity index (χ1) is 30.7. The molecule has 12 rings (SSSR count). The summed E-state index contributed by atoms with van der Waals surface area (Å²) in [6.07, 6.45) is -0.265. The summed E-state index contributed by atoms with van der Waals surface area (Å²) in [5.41, 5.74) is 19.0. The van der Waals surface area contributed by atoms with E-state index in [-0.39, 0.29) is 12.3 Å². The minimum atomic E-state index is -0.465. The average molecular weight is 795 g/mol. The van der Waals surface area contributed by atoms with Gasteiger partial charge in [-0.3, -0.25) is 5.32 Å². The summed E-state index contributed by atoms with van der Waals surface area (Å²) < 4.78 is 0. The van der Waals surface area contributed by atoms with Gasteiger partial charge in [0.25, 0.3) is 0 Å². The van der Waals surface area contributed by atoms with Crippen molar-refractivity contribution in [2.75, 3.05) is 4.90 Å². The third-order valence-corrected chi connectivity index (χ3v) is 13.0. The topological polar surface area (TPSA) is 39.7 Å². The van der Waals surface area contributed by atoms with Crippen LogP contribution in [0, 0.1) is 0 Å². The highest BCUT2D eigenvalue weighted by Gasteiger charge is 2.51. The van der Waals surface area contributed by atoms with Crippen molar-refractivity contribution >= 4 is 22.9 Å². The molecule has 0 amide bonds. The first kappa shape index (κ1) is 36.1. The molecule has 1 aliphatic carbocycles. The molecule has 0 bridgehead atoms. The van der Waals surface area contributed by atoms with Crippen molar-refractivity contribution in [1.29, 1.82) is 0 Å².